The molecule has 2 N–H and O–H groups in total. The Morgan fingerprint density at radius 1 is 0.926 bits per heavy atom. The molecular formula is C21H18ClN3O2. The molecular weight excluding hydrogens is 362 g/mol. The fourth-order valence-corrected chi connectivity index (χ4v) is 2.64. The lowest BCUT2D eigenvalue weighted by Crippen LogP contribution is -2.25. The first-order valence-corrected chi connectivity index (χ1v) is 8.84. The molecule has 27 heavy (non-hydrogen) atoms. The second-order valence-corrected chi connectivity index (χ2v) is 6.35. The minimum Gasteiger partial charge on any atom is -0.352 e. The maximum absolute atomic E-state index is 12.3. The first kappa shape index (κ1) is 18.6. The monoisotopic (exact) mass is 379 g/mol. The summed E-state index contributed by atoms with van der Waals surface area (Å²) in [5.41, 5.74) is 2.58. The summed E-state index contributed by atoms with van der Waals surface area (Å²) in [6.45, 7) is 0.507. The maximum Gasteiger partial charge on any atom is 0.257 e. The lowest BCUT2D eigenvalue weighted by Gasteiger charge is -2.09. The van der Waals surface area contributed by atoms with Crippen LogP contribution in [0.2, 0.25) is 5.02 Å². The normalized spacial score (nSPS) is 10.3. The van der Waals surface area contributed by atoms with Gasteiger partial charge in [-0.15, -0.1) is 0 Å². The number of rotatable bonds is 6. The summed E-state index contributed by atoms with van der Waals surface area (Å²) < 4.78 is 0. The summed E-state index contributed by atoms with van der Waals surface area (Å²) in [6, 6.07) is 17.7. The first-order valence-electron chi connectivity index (χ1n) is 8.46. The Balaban J connectivity index is 1.56. The molecule has 0 spiro atoms. The van der Waals surface area contributed by atoms with E-state index >= 15 is 0 Å². The van der Waals surface area contributed by atoms with E-state index < -0.39 is 0 Å². The summed E-state index contributed by atoms with van der Waals surface area (Å²) >= 11 is 5.86. The van der Waals surface area contributed by atoms with Crippen molar-refractivity contribution in [3.8, 4) is 0 Å². The van der Waals surface area contributed by atoms with Crippen molar-refractivity contribution >= 4 is 29.1 Å². The Kier molecular flexibility index (Phi) is 6.18. The van der Waals surface area contributed by atoms with E-state index in [1.54, 1.807) is 42.6 Å². The largest absolute Gasteiger partial charge is 0.352 e. The highest BCUT2D eigenvalue weighted by atomic mass is 35.5. The smallest absolute Gasteiger partial charge is 0.257 e. The number of nitrogens with zero attached hydrogens (tertiary/aromatic N) is 1. The highest BCUT2D eigenvalue weighted by Crippen LogP contribution is 2.13. The van der Waals surface area contributed by atoms with Crippen molar-refractivity contribution in [3.05, 3.63) is 94.8 Å². The lowest BCUT2D eigenvalue weighted by molar-refractivity contribution is 0.0952. The van der Waals surface area contributed by atoms with E-state index in [1.165, 1.54) is 6.20 Å². The third-order valence-corrected chi connectivity index (χ3v) is 4.17. The van der Waals surface area contributed by atoms with Gasteiger partial charge in [0.1, 0.15) is 0 Å². The Bertz CT molecular complexity index is 928. The zero-order valence-electron chi connectivity index (χ0n) is 14.5. The van der Waals surface area contributed by atoms with Crippen LogP contribution in [0.4, 0.5) is 5.69 Å². The number of amides is 2. The molecule has 0 aliphatic heterocycles. The zero-order valence-corrected chi connectivity index (χ0v) is 15.2. The van der Waals surface area contributed by atoms with Crippen molar-refractivity contribution in [2.75, 3.05) is 11.9 Å². The quantitative estimate of drug-likeness (QED) is 0.681. The first-order chi connectivity index (χ1) is 13.1. The van der Waals surface area contributed by atoms with Crippen LogP contribution in [0.3, 0.4) is 0 Å². The van der Waals surface area contributed by atoms with Crippen molar-refractivity contribution in [1.29, 1.82) is 0 Å². The predicted molar refractivity (Wildman–Crippen MR) is 106 cm³/mol. The molecule has 0 aliphatic rings. The van der Waals surface area contributed by atoms with E-state index in [2.05, 4.69) is 15.6 Å². The van der Waals surface area contributed by atoms with Crippen LogP contribution in [0.5, 0.6) is 0 Å². The van der Waals surface area contributed by atoms with Gasteiger partial charge in [0.25, 0.3) is 11.8 Å². The van der Waals surface area contributed by atoms with Crippen LogP contribution in [-0.4, -0.2) is 23.3 Å². The SMILES string of the molecule is O=C(NCCc1ccc(Cl)cc1)c1cccc(NC(=O)c2cccnc2)c1. The number of nitrogens with one attached hydrogen (secondary N) is 2. The van der Waals surface area contributed by atoms with Crippen LogP contribution in [0.15, 0.2) is 73.1 Å². The van der Waals surface area contributed by atoms with Crippen molar-refractivity contribution in [1.82, 2.24) is 10.3 Å². The molecule has 1 heterocycles. The van der Waals surface area contributed by atoms with Gasteiger partial charge in [0.05, 0.1) is 5.56 Å². The number of halogens is 1. The van der Waals surface area contributed by atoms with Crippen LogP contribution in [-0.2, 0) is 6.42 Å². The Hall–Kier alpha value is -3.18. The third-order valence-electron chi connectivity index (χ3n) is 3.92. The van der Waals surface area contributed by atoms with Crippen LogP contribution >= 0.6 is 11.6 Å². The molecule has 3 aromatic rings. The Labute approximate surface area is 162 Å². The van der Waals surface area contributed by atoms with Gasteiger partial charge >= 0.3 is 0 Å². The van der Waals surface area contributed by atoms with E-state index in [0.717, 1.165) is 5.56 Å². The van der Waals surface area contributed by atoms with Gasteiger partial charge < -0.3 is 10.6 Å². The topological polar surface area (TPSA) is 71.1 Å². The van der Waals surface area contributed by atoms with Crippen molar-refractivity contribution < 1.29 is 9.59 Å². The molecule has 6 heteroatoms. The average molecular weight is 380 g/mol. The number of carbonyl (C=O) groups is 2. The molecule has 0 unspecified atom stereocenters. The summed E-state index contributed by atoms with van der Waals surface area (Å²) in [7, 11) is 0. The van der Waals surface area contributed by atoms with Crippen molar-refractivity contribution in [2.45, 2.75) is 6.42 Å². The van der Waals surface area contributed by atoms with Gasteiger partial charge in [-0.3, -0.25) is 14.6 Å². The summed E-state index contributed by atoms with van der Waals surface area (Å²) in [4.78, 5) is 28.5. The van der Waals surface area contributed by atoms with E-state index in [0.29, 0.717) is 34.8 Å². The third kappa shape index (κ3) is 5.39. The van der Waals surface area contributed by atoms with Gasteiger partial charge in [0, 0.05) is 35.2 Å². The van der Waals surface area contributed by atoms with Gasteiger partial charge in [-0.25, -0.2) is 0 Å². The van der Waals surface area contributed by atoms with Gasteiger partial charge in [-0.2, -0.15) is 0 Å². The van der Waals surface area contributed by atoms with Crippen LogP contribution in [0.1, 0.15) is 26.3 Å². The molecule has 0 saturated heterocycles. The number of benzene rings is 2. The number of hydrogen-bond acceptors (Lipinski definition) is 3. The van der Waals surface area contributed by atoms with E-state index in [9.17, 15) is 9.59 Å². The molecule has 0 radical (unpaired) electrons. The predicted octanol–water partition coefficient (Wildman–Crippen LogP) is 3.96. The van der Waals surface area contributed by atoms with Crippen LogP contribution < -0.4 is 10.6 Å². The highest BCUT2D eigenvalue weighted by molar-refractivity contribution is 6.30. The summed E-state index contributed by atoms with van der Waals surface area (Å²) in [5.74, 6) is -0.468. The van der Waals surface area contributed by atoms with Gasteiger partial charge in [0.15, 0.2) is 0 Å². The van der Waals surface area contributed by atoms with E-state index in [1.807, 2.05) is 24.3 Å². The molecule has 1 aromatic heterocycles. The number of anilines is 1. The van der Waals surface area contributed by atoms with Gasteiger partial charge in [0.2, 0.25) is 0 Å². The second-order valence-electron chi connectivity index (χ2n) is 5.91. The minimum atomic E-state index is -0.275. The molecule has 0 saturated carbocycles. The average Bonchev–Trinajstić information content (AvgIpc) is 2.70. The Morgan fingerprint density at radius 2 is 1.70 bits per heavy atom. The Morgan fingerprint density at radius 3 is 2.44 bits per heavy atom. The molecule has 0 bridgehead atoms. The molecule has 2 aromatic carbocycles. The fourth-order valence-electron chi connectivity index (χ4n) is 2.51. The maximum atomic E-state index is 12.3. The number of aromatic nitrogens is 1. The van der Waals surface area contributed by atoms with Gasteiger partial charge in [-0.05, 0) is 54.4 Å². The van der Waals surface area contributed by atoms with E-state index in [4.69, 9.17) is 11.6 Å². The standard InChI is InChI=1S/C21H18ClN3O2/c22-18-8-6-15(7-9-18)10-12-24-20(26)16-3-1-5-19(13-16)25-21(27)17-4-2-11-23-14-17/h1-9,11,13-14H,10,12H2,(H,24,26)(H,25,27). The molecule has 5 nitrogen and oxygen atoms in total. The zero-order chi connectivity index (χ0) is 19.1. The van der Waals surface area contributed by atoms with Gasteiger partial charge in [-0.1, -0.05) is 29.8 Å². The lowest BCUT2D eigenvalue weighted by atomic mass is 10.1. The second kappa shape index (κ2) is 8.96. The van der Waals surface area contributed by atoms with E-state index in [-0.39, 0.29) is 11.8 Å². The molecule has 3 rings (SSSR count). The summed E-state index contributed by atoms with van der Waals surface area (Å²) in [6.07, 6.45) is 3.80. The number of pyridine rings is 1. The fraction of sp³-hybridized carbons (Fsp3) is 0.0952. The number of carbonyl (C=O) groups excluding carboxylic acids is 2. The van der Waals surface area contributed by atoms with Crippen molar-refractivity contribution in [3.63, 3.8) is 0 Å². The number of hydrogen-bond donors (Lipinski definition) is 2. The summed E-state index contributed by atoms with van der Waals surface area (Å²) in [5, 5.41) is 6.34. The molecule has 2 amide bonds. The minimum absolute atomic E-state index is 0.193. The molecule has 0 fully saturated rings. The molecule has 0 atom stereocenters. The van der Waals surface area contributed by atoms with Crippen LogP contribution in [0.25, 0.3) is 0 Å². The molecule has 136 valence electrons. The van der Waals surface area contributed by atoms with Crippen LogP contribution in [0, 0.1) is 0 Å². The molecule has 0 aliphatic carbocycles. The van der Waals surface area contributed by atoms with Crippen molar-refractivity contribution in [2.24, 2.45) is 0 Å². The highest BCUT2D eigenvalue weighted by Gasteiger charge is 2.09.